The van der Waals surface area contributed by atoms with Gasteiger partial charge in [0, 0.05) is 4.70 Å². The summed E-state index contributed by atoms with van der Waals surface area (Å²) in [5.41, 5.74) is 0.754. The summed E-state index contributed by atoms with van der Waals surface area (Å²) in [6.45, 7) is 7.70. The molecule has 1 heterocycles. The average molecular weight is 530 g/mol. The molecule has 2 atom stereocenters. The molecule has 0 aliphatic carbocycles. The van der Waals surface area contributed by atoms with Gasteiger partial charge in [0.15, 0.2) is 0 Å². The fraction of sp³-hybridized carbons (Fsp3) is 0.333. The molecular formula is C27H32NO6PS. The minimum absolute atomic E-state index is 0.0625. The molecule has 7 nitrogen and oxygen atoms in total. The number of unbranched alkanes of at least 4 members (excludes halogenated alkanes) is 1. The summed E-state index contributed by atoms with van der Waals surface area (Å²) in [6.07, 6.45) is 3.26. The number of hydrogen-bond donors (Lipinski definition) is 0. The van der Waals surface area contributed by atoms with Crippen molar-refractivity contribution in [3.05, 3.63) is 77.7 Å². The van der Waals surface area contributed by atoms with E-state index in [9.17, 15) is 14.2 Å². The predicted molar refractivity (Wildman–Crippen MR) is 144 cm³/mol. The third-order valence-electron chi connectivity index (χ3n) is 5.61. The zero-order valence-corrected chi connectivity index (χ0v) is 22.6. The monoisotopic (exact) mass is 529 g/mol. The fourth-order valence-corrected chi connectivity index (χ4v) is 6.52. The highest BCUT2D eigenvalue weighted by Crippen LogP contribution is 2.54. The predicted octanol–water partition coefficient (Wildman–Crippen LogP) is 6.68. The lowest BCUT2D eigenvalue weighted by molar-refractivity contribution is -0.147. The van der Waals surface area contributed by atoms with Gasteiger partial charge >= 0.3 is 19.5 Å². The van der Waals surface area contributed by atoms with Gasteiger partial charge in [-0.05, 0) is 61.7 Å². The molecule has 0 amide bonds. The number of para-hydroxylation sites is 1. The zero-order valence-electron chi connectivity index (χ0n) is 20.8. The van der Waals surface area contributed by atoms with Crippen LogP contribution >= 0.6 is 18.9 Å². The first-order valence-electron chi connectivity index (χ1n) is 11.8. The Kier molecular flexibility index (Phi) is 9.88. The van der Waals surface area contributed by atoms with E-state index >= 15 is 0 Å². The third kappa shape index (κ3) is 7.06. The second-order valence-electron chi connectivity index (χ2n) is 8.34. The fourth-order valence-electron chi connectivity index (χ4n) is 3.44. The lowest BCUT2D eigenvalue weighted by Gasteiger charge is -2.31. The van der Waals surface area contributed by atoms with E-state index in [2.05, 4.69) is 6.58 Å². The van der Waals surface area contributed by atoms with Crippen molar-refractivity contribution in [2.75, 3.05) is 20.3 Å². The lowest BCUT2D eigenvalue weighted by Crippen LogP contribution is -2.36. The van der Waals surface area contributed by atoms with Crippen molar-refractivity contribution in [3.63, 3.8) is 0 Å². The van der Waals surface area contributed by atoms with Crippen molar-refractivity contribution in [2.45, 2.75) is 38.9 Å². The van der Waals surface area contributed by atoms with E-state index in [1.165, 1.54) is 22.1 Å². The van der Waals surface area contributed by atoms with Gasteiger partial charge in [-0.15, -0.1) is 11.3 Å². The highest BCUT2D eigenvalue weighted by molar-refractivity contribution is 7.56. The summed E-state index contributed by atoms with van der Waals surface area (Å²) < 4.78 is 33.3. The molecule has 36 heavy (non-hydrogen) atoms. The van der Waals surface area contributed by atoms with E-state index < -0.39 is 25.5 Å². The minimum atomic E-state index is -3.58. The standard InChI is InChI=1S/C27H32NO6PS/c1-5-7-16-33-26(29)20(3)28(4)35(31,34-23-11-9-8-10-12-23)19-21-13-14-24-22(17-21)18-25(36-24)27(30)32-15-6-2/h6,8-14,17-18,20H,2,5,7,15-16,19H2,1,3-4H3/t20-,35?/m0/s1. The number of esters is 2. The van der Waals surface area contributed by atoms with Crippen LogP contribution in [0.3, 0.4) is 0 Å². The number of fused-ring (bicyclic) bond motifs is 1. The molecule has 0 saturated heterocycles. The van der Waals surface area contributed by atoms with Crippen LogP contribution < -0.4 is 4.52 Å². The molecule has 2 aromatic carbocycles. The second-order valence-corrected chi connectivity index (χ2v) is 11.8. The van der Waals surface area contributed by atoms with E-state index in [1.807, 2.05) is 31.2 Å². The van der Waals surface area contributed by atoms with Crippen LogP contribution in [0.2, 0.25) is 0 Å². The van der Waals surface area contributed by atoms with Crippen molar-refractivity contribution in [3.8, 4) is 5.75 Å². The van der Waals surface area contributed by atoms with E-state index in [0.717, 1.165) is 28.5 Å². The van der Waals surface area contributed by atoms with E-state index in [-0.39, 0.29) is 12.8 Å². The molecule has 3 aromatic rings. The molecule has 0 fully saturated rings. The Morgan fingerprint density at radius 3 is 2.58 bits per heavy atom. The molecule has 0 aliphatic heterocycles. The van der Waals surface area contributed by atoms with Crippen LogP contribution in [0.1, 0.15) is 41.9 Å². The summed E-state index contributed by atoms with van der Waals surface area (Å²) in [4.78, 5) is 25.4. The molecule has 1 unspecified atom stereocenters. The summed E-state index contributed by atoms with van der Waals surface area (Å²) in [6, 6.07) is 15.5. The highest BCUT2D eigenvalue weighted by atomic mass is 32.1. The van der Waals surface area contributed by atoms with Crippen LogP contribution in [-0.4, -0.2) is 42.9 Å². The molecule has 0 aliphatic rings. The molecule has 0 bridgehead atoms. The number of hydrogen-bond acceptors (Lipinski definition) is 7. The van der Waals surface area contributed by atoms with Crippen LogP contribution in [0.15, 0.2) is 67.3 Å². The van der Waals surface area contributed by atoms with Crippen LogP contribution in [0.4, 0.5) is 0 Å². The van der Waals surface area contributed by atoms with Crippen molar-refractivity contribution in [2.24, 2.45) is 0 Å². The zero-order chi connectivity index (χ0) is 26.1. The summed E-state index contributed by atoms with van der Waals surface area (Å²) in [5, 5.41) is 0.837. The Hall–Kier alpha value is -2.93. The topological polar surface area (TPSA) is 82.1 Å². The quantitative estimate of drug-likeness (QED) is 0.106. The number of nitrogens with zero attached hydrogens (tertiary/aromatic N) is 1. The number of likely N-dealkylation sites (N-methyl/N-ethyl adjacent to an activating group) is 1. The van der Waals surface area contributed by atoms with Crippen LogP contribution in [0.5, 0.6) is 5.75 Å². The van der Waals surface area contributed by atoms with Gasteiger partial charge in [-0.25, -0.2) is 9.46 Å². The summed E-state index contributed by atoms with van der Waals surface area (Å²) in [7, 11) is -1.96. The van der Waals surface area contributed by atoms with Crippen molar-refractivity contribution in [1.29, 1.82) is 0 Å². The molecule has 0 spiro atoms. The van der Waals surface area contributed by atoms with Gasteiger partial charge in [0.2, 0.25) is 0 Å². The number of benzene rings is 2. The summed E-state index contributed by atoms with van der Waals surface area (Å²) >= 11 is 1.33. The maximum absolute atomic E-state index is 14.3. The van der Waals surface area contributed by atoms with E-state index in [4.69, 9.17) is 14.0 Å². The minimum Gasteiger partial charge on any atom is -0.465 e. The van der Waals surface area contributed by atoms with Crippen molar-refractivity contribution >= 4 is 40.9 Å². The first-order chi connectivity index (χ1) is 17.3. The van der Waals surface area contributed by atoms with Gasteiger partial charge in [0.25, 0.3) is 0 Å². The number of carbonyl (C=O) groups excluding carboxylic acids is 2. The van der Waals surface area contributed by atoms with E-state index in [0.29, 0.717) is 17.2 Å². The first kappa shape index (κ1) is 27.7. The molecule has 9 heteroatoms. The molecule has 192 valence electrons. The number of ether oxygens (including phenoxy) is 2. The van der Waals surface area contributed by atoms with Gasteiger partial charge in [-0.1, -0.05) is 50.3 Å². The van der Waals surface area contributed by atoms with Gasteiger partial charge in [-0.3, -0.25) is 9.36 Å². The maximum Gasteiger partial charge on any atom is 0.348 e. The molecular weight excluding hydrogens is 497 g/mol. The number of thiophene rings is 1. The molecule has 0 radical (unpaired) electrons. The Morgan fingerprint density at radius 1 is 1.14 bits per heavy atom. The highest BCUT2D eigenvalue weighted by Gasteiger charge is 2.37. The Balaban J connectivity index is 1.87. The second kappa shape index (κ2) is 12.9. The Labute approximate surface area is 216 Å². The van der Waals surface area contributed by atoms with Crippen LogP contribution in [0, 0.1) is 0 Å². The van der Waals surface area contributed by atoms with Gasteiger partial charge in [-0.2, -0.15) is 0 Å². The molecule has 3 rings (SSSR count). The number of rotatable bonds is 13. The first-order valence-corrected chi connectivity index (χ1v) is 14.4. The van der Waals surface area contributed by atoms with E-state index in [1.54, 1.807) is 44.3 Å². The molecule has 0 N–H and O–H groups in total. The average Bonchev–Trinajstić information content (AvgIpc) is 3.30. The molecule has 1 aromatic heterocycles. The smallest absolute Gasteiger partial charge is 0.348 e. The SMILES string of the molecule is C=CCOC(=O)c1cc2cc(CP(=O)(Oc3ccccc3)N(C)[C@@H](C)C(=O)OCCCC)ccc2s1. The Bertz CT molecular complexity index is 1240. The van der Waals surface area contributed by atoms with Gasteiger partial charge in [0.1, 0.15) is 23.3 Å². The maximum atomic E-state index is 14.3. The third-order valence-corrected chi connectivity index (χ3v) is 9.28. The van der Waals surface area contributed by atoms with Crippen molar-refractivity contribution in [1.82, 2.24) is 4.67 Å². The normalized spacial score (nSPS) is 13.7. The van der Waals surface area contributed by atoms with Gasteiger partial charge < -0.3 is 14.0 Å². The van der Waals surface area contributed by atoms with Crippen LogP contribution in [-0.2, 0) is 25.0 Å². The molecule has 0 saturated carbocycles. The summed E-state index contributed by atoms with van der Waals surface area (Å²) in [5.74, 6) is -0.409. The van der Waals surface area contributed by atoms with Crippen molar-refractivity contribution < 1.29 is 28.2 Å². The van der Waals surface area contributed by atoms with Gasteiger partial charge in [0.05, 0.1) is 12.8 Å². The largest absolute Gasteiger partial charge is 0.465 e. The Morgan fingerprint density at radius 2 is 1.89 bits per heavy atom. The number of carbonyl (C=O) groups is 2. The lowest BCUT2D eigenvalue weighted by atomic mass is 10.2. The van der Waals surface area contributed by atoms with Crippen LogP contribution in [0.25, 0.3) is 10.1 Å².